The van der Waals surface area contributed by atoms with Crippen molar-refractivity contribution in [2.24, 2.45) is 16.8 Å². The van der Waals surface area contributed by atoms with Crippen LogP contribution >= 0.6 is 24.0 Å². The molecule has 2 rings (SSSR count). The first-order chi connectivity index (χ1) is 11.6. The number of rotatable bonds is 7. The van der Waals surface area contributed by atoms with Crippen molar-refractivity contribution in [3.05, 3.63) is 0 Å². The number of nitrogens with one attached hydrogen (secondary N) is 2. The van der Waals surface area contributed by atoms with Gasteiger partial charge in [0.2, 0.25) is 5.91 Å². The number of nitrogens with zero attached hydrogens (tertiary/aromatic N) is 3. The predicted molar refractivity (Wildman–Crippen MR) is 115 cm³/mol. The zero-order valence-electron chi connectivity index (χ0n) is 16.1. The molecule has 0 spiro atoms. The highest BCUT2D eigenvalue weighted by Crippen LogP contribution is 2.19. The lowest BCUT2D eigenvalue weighted by Gasteiger charge is -2.23. The molecular weight excluding hydrogens is 429 g/mol. The Morgan fingerprint density at radius 1 is 1.20 bits per heavy atom. The molecule has 2 N–H and O–H groups in total. The van der Waals surface area contributed by atoms with E-state index in [2.05, 4.69) is 27.4 Å². The van der Waals surface area contributed by atoms with Crippen LogP contribution in [0.15, 0.2) is 4.99 Å². The summed E-state index contributed by atoms with van der Waals surface area (Å²) in [5, 5.41) is 6.33. The van der Waals surface area contributed by atoms with Crippen molar-refractivity contribution >= 4 is 35.8 Å². The molecule has 7 heteroatoms. The van der Waals surface area contributed by atoms with Crippen LogP contribution in [-0.2, 0) is 4.79 Å². The molecule has 0 aromatic heterocycles. The third kappa shape index (κ3) is 7.68. The molecule has 1 amide bonds. The van der Waals surface area contributed by atoms with Gasteiger partial charge in [0, 0.05) is 38.6 Å². The largest absolute Gasteiger partial charge is 0.357 e. The number of halogens is 1. The molecule has 0 aromatic rings. The summed E-state index contributed by atoms with van der Waals surface area (Å²) in [6, 6.07) is 0. The number of aliphatic imine (C=N–C) groups is 1. The van der Waals surface area contributed by atoms with E-state index >= 15 is 0 Å². The minimum atomic E-state index is 0. The monoisotopic (exact) mass is 465 g/mol. The van der Waals surface area contributed by atoms with Gasteiger partial charge in [-0.2, -0.15) is 0 Å². The van der Waals surface area contributed by atoms with Crippen molar-refractivity contribution in [2.45, 2.75) is 40.0 Å². The van der Waals surface area contributed by atoms with E-state index < -0.39 is 0 Å². The lowest BCUT2D eigenvalue weighted by atomic mass is 10.1. The van der Waals surface area contributed by atoms with Gasteiger partial charge in [-0.1, -0.05) is 13.8 Å². The second-order valence-corrected chi connectivity index (χ2v) is 7.29. The second-order valence-electron chi connectivity index (χ2n) is 7.29. The van der Waals surface area contributed by atoms with E-state index in [0.717, 1.165) is 31.5 Å². The zero-order valence-corrected chi connectivity index (χ0v) is 18.4. The van der Waals surface area contributed by atoms with Gasteiger partial charge in [-0.15, -0.1) is 24.0 Å². The Balaban J connectivity index is 0.00000312. The smallest absolute Gasteiger partial charge is 0.222 e. The standard InChI is InChI=1S/C18H35N5O.HI/c1-4-19-18(21-9-8-20-17(24)15(2)3)23-12-7-16(14-23)13-22-10-5-6-11-22;/h15-16H,4-14H2,1-3H3,(H,19,21)(H,20,24);1H. The molecule has 2 fully saturated rings. The number of carbonyl (C=O) groups excluding carboxylic acids is 1. The van der Waals surface area contributed by atoms with Crippen LogP contribution in [0.1, 0.15) is 40.0 Å². The van der Waals surface area contributed by atoms with E-state index in [-0.39, 0.29) is 35.8 Å². The van der Waals surface area contributed by atoms with E-state index in [4.69, 9.17) is 4.99 Å². The highest BCUT2D eigenvalue weighted by molar-refractivity contribution is 14.0. The van der Waals surface area contributed by atoms with Gasteiger partial charge in [0.1, 0.15) is 0 Å². The van der Waals surface area contributed by atoms with Gasteiger partial charge < -0.3 is 20.4 Å². The van der Waals surface area contributed by atoms with E-state index in [1.54, 1.807) is 0 Å². The van der Waals surface area contributed by atoms with Crippen molar-refractivity contribution in [3.63, 3.8) is 0 Å². The summed E-state index contributed by atoms with van der Waals surface area (Å²) < 4.78 is 0. The average Bonchev–Trinajstić information content (AvgIpc) is 3.22. The highest BCUT2D eigenvalue weighted by atomic mass is 127. The summed E-state index contributed by atoms with van der Waals surface area (Å²) in [6.45, 7) is 14.0. The molecule has 2 aliphatic heterocycles. The third-order valence-corrected chi connectivity index (χ3v) is 4.83. The molecule has 1 atom stereocenters. The fourth-order valence-corrected chi connectivity index (χ4v) is 3.48. The fourth-order valence-electron chi connectivity index (χ4n) is 3.48. The molecule has 2 saturated heterocycles. The number of likely N-dealkylation sites (tertiary alicyclic amines) is 2. The first-order valence-electron chi connectivity index (χ1n) is 9.63. The molecule has 0 bridgehead atoms. The number of amides is 1. The van der Waals surface area contributed by atoms with Crippen molar-refractivity contribution < 1.29 is 4.79 Å². The average molecular weight is 465 g/mol. The maximum atomic E-state index is 11.6. The molecule has 25 heavy (non-hydrogen) atoms. The van der Waals surface area contributed by atoms with Crippen LogP contribution in [0.4, 0.5) is 0 Å². The molecule has 2 heterocycles. The molecular formula is C18H36IN5O. The minimum Gasteiger partial charge on any atom is -0.357 e. The predicted octanol–water partition coefficient (Wildman–Crippen LogP) is 1.76. The van der Waals surface area contributed by atoms with Gasteiger partial charge in [-0.3, -0.25) is 9.79 Å². The van der Waals surface area contributed by atoms with Crippen LogP contribution in [-0.4, -0.2) is 74.0 Å². The van der Waals surface area contributed by atoms with Crippen LogP contribution in [0.2, 0.25) is 0 Å². The lowest BCUT2D eigenvalue weighted by molar-refractivity contribution is -0.123. The lowest BCUT2D eigenvalue weighted by Crippen LogP contribution is -2.41. The molecule has 1 unspecified atom stereocenters. The van der Waals surface area contributed by atoms with Gasteiger partial charge in [0.05, 0.1) is 6.54 Å². The summed E-state index contributed by atoms with van der Waals surface area (Å²) in [7, 11) is 0. The number of hydrogen-bond donors (Lipinski definition) is 2. The first-order valence-corrected chi connectivity index (χ1v) is 9.63. The van der Waals surface area contributed by atoms with Gasteiger partial charge in [0.15, 0.2) is 5.96 Å². The van der Waals surface area contributed by atoms with Crippen molar-refractivity contribution in [1.29, 1.82) is 0 Å². The van der Waals surface area contributed by atoms with E-state index in [1.807, 2.05) is 13.8 Å². The fraction of sp³-hybridized carbons (Fsp3) is 0.889. The van der Waals surface area contributed by atoms with E-state index in [1.165, 1.54) is 38.9 Å². The Bertz CT molecular complexity index is 424. The second kappa shape index (κ2) is 11.9. The summed E-state index contributed by atoms with van der Waals surface area (Å²) in [5.74, 6) is 1.89. The maximum absolute atomic E-state index is 11.6. The van der Waals surface area contributed by atoms with Crippen LogP contribution in [0.25, 0.3) is 0 Å². The van der Waals surface area contributed by atoms with E-state index in [0.29, 0.717) is 13.1 Å². The Kier molecular flexibility index (Phi) is 10.7. The Morgan fingerprint density at radius 3 is 2.56 bits per heavy atom. The Morgan fingerprint density at radius 2 is 1.92 bits per heavy atom. The normalized spacial score (nSPS) is 21.5. The molecule has 0 aliphatic carbocycles. The Hall–Kier alpha value is -0.570. The van der Waals surface area contributed by atoms with Crippen LogP contribution < -0.4 is 10.6 Å². The molecule has 146 valence electrons. The molecule has 6 nitrogen and oxygen atoms in total. The highest BCUT2D eigenvalue weighted by Gasteiger charge is 2.27. The first kappa shape index (κ1) is 22.5. The Labute approximate surface area is 170 Å². The summed E-state index contributed by atoms with van der Waals surface area (Å²) in [5.41, 5.74) is 0. The minimum absolute atomic E-state index is 0. The maximum Gasteiger partial charge on any atom is 0.222 e. The summed E-state index contributed by atoms with van der Waals surface area (Å²) in [6.07, 6.45) is 3.98. The molecule has 2 aliphatic rings. The topological polar surface area (TPSA) is 60.0 Å². The van der Waals surface area contributed by atoms with E-state index in [9.17, 15) is 4.79 Å². The number of hydrogen-bond acceptors (Lipinski definition) is 3. The molecule has 0 radical (unpaired) electrons. The van der Waals surface area contributed by atoms with Crippen LogP contribution in [0.5, 0.6) is 0 Å². The quantitative estimate of drug-likeness (QED) is 0.261. The molecule has 0 aromatic carbocycles. The summed E-state index contributed by atoms with van der Waals surface area (Å²) in [4.78, 5) is 21.3. The van der Waals surface area contributed by atoms with Crippen LogP contribution in [0.3, 0.4) is 0 Å². The number of carbonyl (C=O) groups is 1. The van der Waals surface area contributed by atoms with Gasteiger partial charge in [-0.05, 0) is 45.2 Å². The molecule has 0 saturated carbocycles. The van der Waals surface area contributed by atoms with Crippen molar-refractivity contribution in [1.82, 2.24) is 20.4 Å². The van der Waals surface area contributed by atoms with Crippen molar-refractivity contribution in [2.75, 3.05) is 52.4 Å². The third-order valence-electron chi connectivity index (χ3n) is 4.83. The summed E-state index contributed by atoms with van der Waals surface area (Å²) >= 11 is 0. The van der Waals surface area contributed by atoms with Gasteiger partial charge >= 0.3 is 0 Å². The van der Waals surface area contributed by atoms with Gasteiger partial charge in [-0.25, -0.2) is 0 Å². The number of guanidine groups is 1. The zero-order chi connectivity index (χ0) is 17.4. The van der Waals surface area contributed by atoms with Crippen LogP contribution in [0, 0.1) is 11.8 Å². The van der Waals surface area contributed by atoms with Gasteiger partial charge in [0.25, 0.3) is 0 Å². The van der Waals surface area contributed by atoms with Crippen molar-refractivity contribution in [3.8, 4) is 0 Å². The SMILES string of the molecule is CCNC(=NCCNC(=O)C(C)C)N1CCC(CN2CCCC2)C1.I.